The zero-order chi connectivity index (χ0) is 13.0. The van der Waals surface area contributed by atoms with Gasteiger partial charge in [0.2, 0.25) is 0 Å². The van der Waals surface area contributed by atoms with Gasteiger partial charge in [0.1, 0.15) is 5.82 Å². The summed E-state index contributed by atoms with van der Waals surface area (Å²) in [4.78, 5) is 0. The van der Waals surface area contributed by atoms with Gasteiger partial charge in [0, 0.05) is 18.3 Å². The lowest BCUT2D eigenvalue weighted by molar-refractivity contribution is 0.257. The standard InChI is InChI=1S/C15H23FN2/c1-11-3-2-4-12(9-11)15(10-17)18-14-7-5-13(16)6-8-14/h5-8,11-12,15,18H,2-4,9-10,17H2,1H3. The van der Waals surface area contributed by atoms with Gasteiger partial charge in [0.05, 0.1) is 0 Å². The molecule has 0 aliphatic heterocycles. The van der Waals surface area contributed by atoms with Crippen molar-refractivity contribution in [3.63, 3.8) is 0 Å². The van der Waals surface area contributed by atoms with Gasteiger partial charge in [-0.05, 0) is 48.9 Å². The maximum Gasteiger partial charge on any atom is 0.123 e. The Morgan fingerprint density at radius 1 is 1.33 bits per heavy atom. The van der Waals surface area contributed by atoms with Gasteiger partial charge in [-0.1, -0.05) is 19.8 Å². The molecule has 3 atom stereocenters. The number of halogens is 1. The first kappa shape index (κ1) is 13.3. The fraction of sp³-hybridized carbons (Fsp3) is 0.600. The average Bonchev–Trinajstić information content (AvgIpc) is 2.38. The quantitative estimate of drug-likeness (QED) is 0.859. The van der Waals surface area contributed by atoms with Crippen molar-refractivity contribution in [3.05, 3.63) is 30.1 Å². The van der Waals surface area contributed by atoms with Crippen LogP contribution in [0.1, 0.15) is 32.6 Å². The van der Waals surface area contributed by atoms with Crippen LogP contribution in [0.15, 0.2) is 24.3 Å². The van der Waals surface area contributed by atoms with E-state index in [1.807, 2.05) is 0 Å². The van der Waals surface area contributed by atoms with Crippen LogP contribution >= 0.6 is 0 Å². The first-order chi connectivity index (χ1) is 8.69. The van der Waals surface area contributed by atoms with Crippen molar-refractivity contribution in [3.8, 4) is 0 Å². The van der Waals surface area contributed by atoms with Crippen molar-refractivity contribution in [2.24, 2.45) is 17.6 Å². The summed E-state index contributed by atoms with van der Waals surface area (Å²) in [6, 6.07) is 6.84. The highest BCUT2D eigenvalue weighted by Gasteiger charge is 2.25. The highest BCUT2D eigenvalue weighted by Crippen LogP contribution is 2.31. The Hall–Kier alpha value is -1.09. The molecule has 1 aromatic rings. The molecule has 100 valence electrons. The van der Waals surface area contributed by atoms with E-state index in [-0.39, 0.29) is 5.82 Å². The third-order valence-corrected chi connectivity index (χ3v) is 4.00. The molecule has 18 heavy (non-hydrogen) atoms. The largest absolute Gasteiger partial charge is 0.381 e. The van der Waals surface area contributed by atoms with Crippen LogP contribution in [0.3, 0.4) is 0 Å². The molecule has 0 aromatic heterocycles. The van der Waals surface area contributed by atoms with Crippen molar-refractivity contribution in [1.82, 2.24) is 0 Å². The monoisotopic (exact) mass is 250 g/mol. The number of benzene rings is 1. The Morgan fingerprint density at radius 2 is 2.06 bits per heavy atom. The summed E-state index contributed by atoms with van der Waals surface area (Å²) in [7, 11) is 0. The number of anilines is 1. The van der Waals surface area contributed by atoms with E-state index in [0.717, 1.165) is 11.6 Å². The molecule has 0 bridgehead atoms. The fourth-order valence-electron chi connectivity index (χ4n) is 2.98. The van der Waals surface area contributed by atoms with Gasteiger partial charge in [-0.3, -0.25) is 0 Å². The zero-order valence-corrected chi connectivity index (χ0v) is 11.0. The first-order valence-electron chi connectivity index (χ1n) is 6.91. The van der Waals surface area contributed by atoms with Crippen LogP contribution in [-0.2, 0) is 0 Å². The van der Waals surface area contributed by atoms with Gasteiger partial charge in [-0.15, -0.1) is 0 Å². The highest BCUT2D eigenvalue weighted by molar-refractivity contribution is 5.44. The van der Waals surface area contributed by atoms with Crippen molar-refractivity contribution in [2.75, 3.05) is 11.9 Å². The molecular weight excluding hydrogens is 227 g/mol. The molecule has 1 aliphatic rings. The lowest BCUT2D eigenvalue weighted by Gasteiger charge is -2.33. The molecule has 0 radical (unpaired) electrons. The van der Waals surface area contributed by atoms with Gasteiger partial charge < -0.3 is 11.1 Å². The summed E-state index contributed by atoms with van der Waals surface area (Å²) in [6.07, 6.45) is 5.13. The van der Waals surface area contributed by atoms with Gasteiger partial charge >= 0.3 is 0 Å². The first-order valence-corrected chi connectivity index (χ1v) is 6.91. The minimum Gasteiger partial charge on any atom is -0.381 e. The summed E-state index contributed by atoms with van der Waals surface area (Å²) in [5.74, 6) is 1.24. The summed E-state index contributed by atoms with van der Waals surface area (Å²) in [5, 5.41) is 3.45. The Kier molecular flexibility index (Phi) is 4.59. The zero-order valence-electron chi connectivity index (χ0n) is 11.0. The second-order valence-electron chi connectivity index (χ2n) is 5.53. The molecule has 2 rings (SSSR count). The Balaban J connectivity index is 1.98. The Morgan fingerprint density at radius 3 is 2.67 bits per heavy atom. The van der Waals surface area contributed by atoms with E-state index in [1.165, 1.54) is 37.8 Å². The highest BCUT2D eigenvalue weighted by atomic mass is 19.1. The third kappa shape index (κ3) is 3.45. The number of nitrogens with two attached hydrogens (primary N) is 1. The Labute approximate surface area is 109 Å². The van der Waals surface area contributed by atoms with E-state index >= 15 is 0 Å². The average molecular weight is 250 g/mol. The lowest BCUT2D eigenvalue weighted by atomic mass is 9.78. The lowest BCUT2D eigenvalue weighted by Crippen LogP contribution is -2.38. The van der Waals surface area contributed by atoms with E-state index in [2.05, 4.69) is 12.2 Å². The van der Waals surface area contributed by atoms with Crippen molar-refractivity contribution in [2.45, 2.75) is 38.6 Å². The molecule has 1 aromatic carbocycles. The van der Waals surface area contributed by atoms with Crippen LogP contribution in [0.25, 0.3) is 0 Å². The molecular formula is C15H23FN2. The van der Waals surface area contributed by atoms with Crippen molar-refractivity contribution < 1.29 is 4.39 Å². The maximum atomic E-state index is 12.9. The molecule has 1 aliphatic carbocycles. The molecule has 0 heterocycles. The second-order valence-corrected chi connectivity index (χ2v) is 5.53. The Bertz CT molecular complexity index is 363. The van der Waals surface area contributed by atoms with Crippen LogP contribution in [0.4, 0.5) is 10.1 Å². The van der Waals surface area contributed by atoms with Crippen LogP contribution in [-0.4, -0.2) is 12.6 Å². The molecule has 0 spiro atoms. The van der Waals surface area contributed by atoms with Gasteiger partial charge in [-0.25, -0.2) is 4.39 Å². The van der Waals surface area contributed by atoms with E-state index in [4.69, 9.17) is 5.73 Å². The SMILES string of the molecule is CC1CCCC(C(CN)Nc2ccc(F)cc2)C1. The van der Waals surface area contributed by atoms with Crippen LogP contribution < -0.4 is 11.1 Å². The van der Waals surface area contributed by atoms with E-state index < -0.39 is 0 Å². The normalized spacial score (nSPS) is 25.7. The van der Waals surface area contributed by atoms with Crippen LogP contribution in [0.2, 0.25) is 0 Å². The summed E-state index contributed by atoms with van der Waals surface area (Å²) in [6.45, 7) is 2.95. The van der Waals surface area contributed by atoms with Crippen molar-refractivity contribution >= 4 is 5.69 Å². The topological polar surface area (TPSA) is 38.0 Å². The molecule has 2 nitrogen and oxygen atoms in total. The molecule has 0 amide bonds. The molecule has 3 unspecified atom stereocenters. The smallest absolute Gasteiger partial charge is 0.123 e. The third-order valence-electron chi connectivity index (χ3n) is 4.00. The van der Waals surface area contributed by atoms with Gasteiger partial charge in [0.25, 0.3) is 0 Å². The number of hydrogen-bond acceptors (Lipinski definition) is 2. The fourth-order valence-corrected chi connectivity index (χ4v) is 2.98. The predicted molar refractivity (Wildman–Crippen MR) is 74.0 cm³/mol. The molecule has 1 fully saturated rings. The minimum atomic E-state index is -0.198. The summed E-state index contributed by atoms with van der Waals surface area (Å²) in [5.41, 5.74) is 6.85. The van der Waals surface area contributed by atoms with Crippen LogP contribution in [0, 0.1) is 17.7 Å². The molecule has 1 saturated carbocycles. The molecule has 0 saturated heterocycles. The second kappa shape index (κ2) is 6.19. The van der Waals surface area contributed by atoms with Gasteiger partial charge in [0.15, 0.2) is 0 Å². The van der Waals surface area contributed by atoms with E-state index in [9.17, 15) is 4.39 Å². The van der Waals surface area contributed by atoms with Gasteiger partial charge in [-0.2, -0.15) is 0 Å². The molecule has 3 heteroatoms. The number of nitrogens with one attached hydrogen (secondary N) is 1. The van der Waals surface area contributed by atoms with Crippen molar-refractivity contribution in [1.29, 1.82) is 0 Å². The molecule has 3 N–H and O–H groups in total. The summed E-state index contributed by atoms with van der Waals surface area (Å²) >= 11 is 0. The van der Waals surface area contributed by atoms with E-state index in [0.29, 0.717) is 18.5 Å². The predicted octanol–water partition coefficient (Wildman–Crippen LogP) is 3.39. The summed E-state index contributed by atoms with van der Waals surface area (Å²) < 4.78 is 12.9. The number of rotatable bonds is 4. The minimum absolute atomic E-state index is 0.198. The van der Waals surface area contributed by atoms with Crippen LogP contribution in [0.5, 0.6) is 0 Å². The maximum absolute atomic E-state index is 12.9. The number of hydrogen-bond donors (Lipinski definition) is 2. The van der Waals surface area contributed by atoms with E-state index in [1.54, 1.807) is 12.1 Å².